The zero-order valence-corrected chi connectivity index (χ0v) is 24.3. The molecule has 0 bridgehead atoms. The Labute approximate surface area is 245 Å². The fraction of sp³-hybridized carbons (Fsp3) is 0.312. The molecular formula is C32H35N5O3S. The van der Waals surface area contributed by atoms with E-state index in [2.05, 4.69) is 56.5 Å². The Morgan fingerprint density at radius 2 is 1.80 bits per heavy atom. The second-order valence-corrected chi connectivity index (χ2v) is 11.0. The van der Waals surface area contributed by atoms with Gasteiger partial charge < -0.3 is 9.47 Å². The molecule has 0 saturated heterocycles. The molecule has 3 aromatic carbocycles. The number of rotatable bonds is 11. The molecule has 0 spiro atoms. The SMILES string of the molecule is COc1ccc(/C=N/NC(=O)CSc2nnc(-c3ccc(C)cc3)n2C2CCCCC2)cc1OCc1ccccc1. The Bertz CT molecular complexity index is 1460. The lowest BCUT2D eigenvalue weighted by Crippen LogP contribution is -2.20. The highest BCUT2D eigenvalue weighted by Crippen LogP contribution is 2.35. The zero-order valence-electron chi connectivity index (χ0n) is 23.5. The summed E-state index contributed by atoms with van der Waals surface area (Å²) in [6.07, 6.45) is 7.44. The fourth-order valence-corrected chi connectivity index (χ4v) is 5.70. The number of hydrogen-bond donors (Lipinski definition) is 1. The van der Waals surface area contributed by atoms with E-state index < -0.39 is 0 Å². The lowest BCUT2D eigenvalue weighted by Gasteiger charge is -2.25. The number of aryl methyl sites for hydroxylation is 1. The lowest BCUT2D eigenvalue weighted by atomic mass is 9.95. The molecule has 1 aliphatic carbocycles. The summed E-state index contributed by atoms with van der Waals surface area (Å²) < 4.78 is 13.7. The molecule has 4 aromatic rings. The van der Waals surface area contributed by atoms with E-state index in [-0.39, 0.29) is 11.7 Å². The molecule has 9 heteroatoms. The van der Waals surface area contributed by atoms with Crippen LogP contribution in [0.2, 0.25) is 0 Å². The van der Waals surface area contributed by atoms with Crippen LogP contribution in [0.25, 0.3) is 11.4 Å². The van der Waals surface area contributed by atoms with Crippen LogP contribution in [0.3, 0.4) is 0 Å². The third-order valence-electron chi connectivity index (χ3n) is 7.07. The molecule has 1 aliphatic rings. The monoisotopic (exact) mass is 569 g/mol. The van der Waals surface area contributed by atoms with E-state index >= 15 is 0 Å². The van der Waals surface area contributed by atoms with Gasteiger partial charge in [0.25, 0.3) is 5.91 Å². The van der Waals surface area contributed by atoms with Crippen LogP contribution >= 0.6 is 11.8 Å². The van der Waals surface area contributed by atoms with Crippen LogP contribution in [0.5, 0.6) is 11.5 Å². The van der Waals surface area contributed by atoms with Crippen molar-refractivity contribution in [3.05, 3.63) is 89.5 Å². The average molecular weight is 570 g/mol. The van der Waals surface area contributed by atoms with Crippen molar-refractivity contribution in [2.45, 2.75) is 56.8 Å². The predicted octanol–water partition coefficient (Wildman–Crippen LogP) is 6.59. The average Bonchev–Trinajstić information content (AvgIpc) is 3.44. The van der Waals surface area contributed by atoms with Crippen molar-refractivity contribution in [2.24, 2.45) is 5.10 Å². The molecular weight excluding hydrogens is 534 g/mol. The normalized spacial score (nSPS) is 13.8. The van der Waals surface area contributed by atoms with E-state index in [1.54, 1.807) is 13.3 Å². The smallest absolute Gasteiger partial charge is 0.250 e. The van der Waals surface area contributed by atoms with Gasteiger partial charge in [0.05, 0.1) is 19.1 Å². The van der Waals surface area contributed by atoms with Gasteiger partial charge in [-0.1, -0.05) is 91.2 Å². The molecule has 1 amide bonds. The summed E-state index contributed by atoms with van der Waals surface area (Å²) in [5.41, 5.74) is 6.72. The van der Waals surface area contributed by atoms with Crippen molar-refractivity contribution < 1.29 is 14.3 Å². The van der Waals surface area contributed by atoms with Crippen LogP contribution in [-0.2, 0) is 11.4 Å². The second kappa shape index (κ2) is 14.0. The number of hydrazone groups is 1. The van der Waals surface area contributed by atoms with Gasteiger partial charge in [0.1, 0.15) is 6.61 Å². The number of amides is 1. The number of ether oxygens (including phenoxy) is 2. The molecule has 1 heterocycles. The van der Waals surface area contributed by atoms with Crippen LogP contribution in [0.15, 0.2) is 83.1 Å². The van der Waals surface area contributed by atoms with E-state index in [1.807, 2.05) is 48.5 Å². The van der Waals surface area contributed by atoms with Crippen LogP contribution < -0.4 is 14.9 Å². The van der Waals surface area contributed by atoms with Gasteiger partial charge in [0.2, 0.25) is 0 Å². The number of nitrogens with zero attached hydrogens (tertiary/aromatic N) is 4. The van der Waals surface area contributed by atoms with Gasteiger partial charge in [-0.15, -0.1) is 10.2 Å². The first-order valence-electron chi connectivity index (χ1n) is 13.9. The van der Waals surface area contributed by atoms with Crippen LogP contribution in [-0.4, -0.2) is 39.7 Å². The maximum Gasteiger partial charge on any atom is 0.250 e. The number of benzene rings is 3. The van der Waals surface area contributed by atoms with E-state index in [9.17, 15) is 4.79 Å². The van der Waals surface area contributed by atoms with Crippen molar-refractivity contribution >= 4 is 23.9 Å². The Kier molecular flexibility index (Phi) is 9.69. The summed E-state index contributed by atoms with van der Waals surface area (Å²) in [6, 6.07) is 24.2. The number of carbonyl (C=O) groups is 1. The zero-order chi connectivity index (χ0) is 28.4. The molecule has 0 unspecified atom stereocenters. The van der Waals surface area contributed by atoms with E-state index in [0.29, 0.717) is 24.1 Å². The van der Waals surface area contributed by atoms with Gasteiger partial charge in [-0.2, -0.15) is 5.10 Å². The van der Waals surface area contributed by atoms with Gasteiger partial charge in [0.15, 0.2) is 22.5 Å². The lowest BCUT2D eigenvalue weighted by molar-refractivity contribution is -0.118. The third kappa shape index (κ3) is 7.55. The number of nitrogens with one attached hydrogen (secondary N) is 1. The number of thioether (sulfide) groups is 1. The maximum atomic E-state index is 12.7. The van der Waals surface area contributed by atoms with Gasteiger partial charge in [0, 0.05) is 11.6 Å². The van der Waals surface area contributed by atoms with E-state index in [1.165, 1.54) is 36.6 Å². The second-order valence-electron chi connectivity index (χ2n) is 10.1. The molecule has 212 valence electrons. The van der Waals surface area contributed by atoms with Crippen LogP contribution in [0, 0.1) is 6.92 Å². The van der Waals surface area contributed by atoms with E-state index in [4.69, 9.17) is 9.47 Å². The molecule has 1 aromatic heterocycles. The van der Waals surface area contributed by atoms with Crippen molar-refractivity contribution in [3.63, 3.8) is 0 Å². The minimum atomic E-state index is -0.213. The third-order valence-corrected chi connectivity index (χ3v) is 8.02. The number of methoxy groups -OCH3 is 1. The highest BCUT2D eigenvalue weighted by atomic mass is 32.2. The van der Waals surface area contributed by atoms with Gasteiger partial charge in [-0.25, -0.2) is 5.43 Å². The van der Waals surface area contributed by atoms with Gasteiger partial charge in [-0.3, -0.25) is 9.36 Å². The number of hydrogen-bond acceptors (Lipinski definition) is 7. The molecule has 0 atom stereocenters. The summed E-state index contributed by atoms with van der Waals surface area (Å²) in [4.78, 5) is 12.7. The van der Waals surface area contributed by atoms with Crippen LogP contribution in [0.4, 0.5) is 0 Å². The van der Waals surface area contributed by atoms with Crippen LogP contribution in [0.1, 0.15) is 54.8 Å². The van der Waals surface area contributed by atoms with Crippen molar-refractivity contribution in [1.82, 2.24) is 20.2 Å². The minimum absolute atomic E-state index is 0.185. The number of carbonyl (C=O) groups excluding carboxylic acids is 1. The maximum absolute atomic E-state index is 12.7. The molecule has 1 fully saturated rings. The minimum Gasteiger partial charge on any atom is -0.493 e. The summed E-state index contributed by atoms with van der Waals surface area (Å²) in [6.45, 7) is 2.49. The first-order chi connectivity index (χ1) is 20.1. The van der Waals surface area contributed by atoms with Gasteiger partial charge in [-0.05, 0) is 49.1 Å². The number of aromatic nitrogens is 3. The molecule has 0 aliphatic heterocycles. The summed E-state index contributed by atoms with van der Waals surface area (Å²) in [5, 5.41) is 14.0. The summed E-state index contributed by atoms with van der Waals surface area (Å²) in [7, 11) is 1.61. The largest absolute Gasteiger partial charge is 0.493 e. The van der Waals surface area contributed by atoms with Crippen molar-refractivity contribution in [3.8, 4) is 22.9 Å². The van der Waals surface area contributed by atoms with Gasteiger partial charge >= 0.3 is 0 Å². The Balaban J connectivity index is 1.21. The Morgan fingerprint density at radius 3 is 2.56 bits per heavy atom. The van der Waals surface area contributed by atoms with E-state index in [0.717, 1.165) is 40.5 Å². The highest BCUT2D eigenvalue weighted by Gasteiger charge is 2.24. The standard InChI is InChI=1S/C32H35N5O3S/c1-23-13-16-26(17-14-23)31-35-36-32(37(31)27-11-7-4-8-12-27)41-22-30(38)34-33-20-25-15-18-28(39-2)29(19-25)40-21-24-9-5-3-6-10-24/h3,5-6,9-10,13-20,27H,4,7-8,11-12,21-22H2,1-2H3,(H,34,38)/b33-20+. The van der Waals surface area contributed by atoms with Crippen molar-refractivity contribution in [1.29, 1.82) is 0 Å². The first-order valence-corrected chi connectivity index (χ1v) is 14.9. The predicted molar refractivity (Wildman–Crippen MR) is 163 cm³/mol. The fourth-order valence-electron chi connectivity index (χ4n) is 4.91. The molecule has 8 nitrogen and oxygen atoms in total. The Morgan fingerprint density at radius 1 is 1.02 bits per heavy atom. The molecule has 5 rings (SSSR count). The molecule has 1 saturated carbocycles. The highest BCUT2D eigenvalue weighted by molar-refractivity contribution is 7.99. The summed E-state index contributed by atoms with van der Waals surface area (Å²) in [5.74, 6) is 2.07. The molecule has 41 heavy (non-hydrogen) atoms. The van der Waals surface area contributed by atoms with Crippen molar-refractivity contribution in [2.75, 3.05) is 12.9 Å². The first kappa shape index (κ1) is 28.4. The topological polar surface area (TPSA) is 90.6 Å². The quantitative estimate of drug-likeness (QED) is 0.125. The summed E-state index contributed by atoms with van der Waals surface area (Å²) >= 11 is 1.39. The Hall–Kier alpha value is -4.11. The molecule has 0 radical (unpaired) electrons. The molecule has 1 N–H and O–H groups in total.